The van der Waals surface area contributed by atoms with Gasteiger partial charge in [0.25, 0.3) is 0 Å². The number of ether oxygens (including phenoxy) is 1. The van der Waals surface area contributed by atoms with Crippen molar-refractivity contribution in [2.75, 3.05) is 19.7 Å². The fourth-order valence-corrected chi connectivity index (χ4v) is 3.17. The van der Waals surface area contributed by atoms with Crippen LogP contribution in [0.1, 0.15) is 30.1 Å². The zero-order valence-corrected chi connectivity index (χ0v) is 10.8. The molecule has 88 valence electrons. The van der Waals surface area contributed by atoms with Crippen molar-refractivity contribution in [3.8, 4) is 0 Å². The summed E-state index contributed by atoms with van der Waals surface area (Å²) in [5.74, 6) is 0. The van der Waals surface area contributed by atoms with Gasteiger partial charge in [-0.1, -0.05) is 0 Å². The summed E-state index contributed by atoms with van der Waals surface area (Å²) in [6.07, 6.45) is 3.32. The van der Waals surface area contributed by atoms with Gasteiger partial charge in [0.1, 0.15) is 4.60 Å². The Hall–Kier alpha value is -0.390. The van der Waals surface area contributed by atoms with Gasteiger partial charge in [-0.05, 0) is 41.9 Å². The van der Waals surface area contributed by atoms with Crippen molar-refractivity contribution >= 4 is 15.9 Å². The average molecular weight is 286 g/mol. The molecule has 1 fully saturated rings. The van der Waals surface area contributed by atoms with E-state index >= 15 is 0 Å². The quantitative estimate of drug-likeness (QED) is 0.853. The molecule has 0 amide bonds. The molecule has 0 saturated carbocycles. The summed E-state index contributed by atoms with van der Waals surface area (Å²) in [4.78, 5) is 0. The highest BCUT2D eigenvalue weighted by atomic mass is 79.9. The van der Waals surface area contributed by atoms with E-state index < -0.39 is 0 Å². The lowest BCUT2D eigenvalue weighted by Crippen LogP contribution is -2.31. The predicted octanol–water partition coefficient (Wildman–Crippen LogP) is 1.64. The Kier molecular flexibility index (Phi) is 3.00. The lowest BCUT2D eigenvalue weighted by Gasteiger charge is -2.25. The van der Waals surface area contributed by atoms with Crippen molar-refractivity contribution in [2.45, 2.75) is 31.9 Å². The van der Waals surface area contributed by atoms with Crippen molar-refractivity contribution in [3.63, 3.8) is 0 Å². The molecule has 0 aromatic carbocycles. The number of fused-ring (bicyclic) bond motifs is 1. The van der Waals surface area contributed by atoms with Gasteiger partial charge in [0, 0.05) is 12.0 Å². The van der Waals surface area contributed by atoms with Crippen molar-refractivity contribution < 1.29 is 4.74 Å². The lowest BCUT2D eigenvalue weighted by molar-refractivity contribution is 0.101. The molecule has 1 N–H and O–H groups in total. The second-order valence-electron chi connectivity index (χ2n) is 4.44. The van der Waals surface area contributed by atoms with Crippen LogP contribution in [0.25, 0.3) is 0 Å². The number of nitrogens with one attached hydrogen (secondary N) is 1. The molecule has 0 aliphatic carbocycles. The maximum absolute atomic E-state index is 5.54. The number of piperidine rings is 1. The fraction of sp³-hybridized carbons (Fsp3) is 0.727. The molecule has 0 spiro atoms. The normalized spacial score (nSPS) is 22.1. The number of hydrogen-bond acceptors (Lipinski definition) is 3. The van der Waals surface area contributed by atoms with Gasteiger partial charge in [-0.2, -0.15) is 5.10 Å². The average Bonchev–Trinajstić information content (AvgIpc) is 2.69. The van der Waals surface area contributed by atoms with Gasteiger partial charge in [0.05, 0.1) is 24.9 Å². The molecular weight excluding hydrogens is 270 g/mol. The molecule has 16 heavy (non-hydrogen) atoms. The van der Waals surface area contributed by atoms with Crippen molar-refractivity contribution in [1.82, 2.24) is 15.1 Å². The van der Waals surface area contributed by atoms with E-state index in [0.717, 1.165) is 37.3 Å². The van der Waals surface area contributed by atoms with Crippen LogP contribution in [-0.2, 0) is 17.8 Å². The summed E-state index contributed by atoms with van der Waals surface area (Å²) < 4.78 is 8.76. The molecule has 0 radical (unpaired) electrons. The molecule has 0 atom stereocenters. The summed E-state index contributed by atoms with van der Waals surface area (Å²) in [6, 6.07) is 0.544. The summed E-state index contributed by atoms with van der Waals surface area (Å²) >= 11 is 3.57. The largest absolute Gasteiger partial charge is 0.375 e. The topological polar surface area (TPSA) is 39.1 Å². The maximum atomic E-state index is 5.54. The van der Waals surface area contributed by atoms with Gasteiger partial charge < -0.3 is 10.1 Å². The monoisotopic (exact) mass is 285 g/mol. The maximum Gasteiger partial charge on any atom is 0.131 e. The summed E-state index contributed by atoms with van der Waals surface area (Å²) in [7, 11) is 0. The van der Waals surface area contributed by atoms with Gasteiger partial charge in [0.15, 0.2) is 0 Å². The third kappa shape index (κ3) is 1.81. The first-order valence-electron chi connectivity index (χ1n) is 5.90. The summed E-state index contributed by atoms with van der Waals surface area (Å²) in [5, 5.41) is 8.03. The highest BCUT2D eigenvalue weighted by Crippen LogP contribution is 2.29. The third-order valence-electron chi connectivity index (χ3n) is 3.46. The molecule has 1 aromatic heterocycles. The molecule has 1 aromatic rings. The van der Waals surface area contributed by atoms with E-state index in [1.807, 2.05) is 0 Å². The molecule has 0 unspecified atom stereocenters. The first-order chi connectivity index (χ1) is 7.86. The number of rotatable bonds is 1. The first-order valence-corrected chi connectivity index (χ1v) is 6.70. The van der Waals surface area contributed by atoms with Crippen LogP contribution in [0.2, 0.25) is 0 Å². The van der Waals surface area contributed by atoms with Crippen LogP contribution in [0.15, 0.2) is 4.60 Å². The summed E-state index contributed by atoms with van der Waals surface area (Å²) in [5.41, 5.74) is 2.63. The Bertz CT molecular complexity index is 385. The second-order valence-corrected chi connectivity index (χ2v) is 5.20. The highest BCUT2D eigenvalue weighted by Gasteiger charge is 2.25. The number of nitrogens with zero attached hydrogens (tertiary/aromatic N) is 2. The fourth-order valence-electron chi connectivity index (χ4n) is 2.57. The Morgan fingerprint density at radius 2 is 2.19 bits per heavy atom. The molecule has 2 aliphatic heterocycles. The van der Waals surface area contributed by atoms with Gasteiger partial charge in [-0.3, -0.25) is 4.68 Å². The first kappa shape index (κ1) is 10.7. The Labute approximate surface area is 103 Å². The molecule has 1 saturated heterocycles. The van der Waals surface area contributed by atoms with Crippen LogP contribution in [-0.4, -0.2) is 29.5 Å². The van der Waals surface area contributed by atoms with E-state index in [-0.39, 0.29) is 0 Å². The van der Waals surface area contributed by atoms with Crippen LogP contribution < -0.4 is 5.32 Å². The van der Waals surface area contributed by atoms with E-state index in [2.05, 4.69) is 31.0 Å². The van der Waals surface area contributed by atoms with E-state index in [1.54, 1.807) is 0 Å². The predicted molar refractivity (Wildman–Crippen MR) is 64.4 cm³/mol. The molecule has 2 aliphatic rings. The number of hydrogen-bond donors (Lipinski definition) is 1. The minimum atomic E-state index is 0.544. The Morgan fingerprint density at radius 1 is 1.38 bits per heavy atom. The zero-order valence-electron chi connectivity index (χ0n) is 9.21. The van der Waals surface area contributed by atoms with Crippen molar-refractivity contribution in [2.24, 2.45) is 0 Å². The van der Waals surface area contributed by atoms with E-state index in [0.29, 0.717) is 6.04 Å². The van der Waals surface area contributed by atoms with E-state index in [4.69, 9.17) is 4.74 Å². The number of aromatic nitrogens is 2. The van der Waals surface area contributed by atoms with Gasteiger partial charge in [-0.25, -0.2) is 0 Å². The van der Waals surface area contributed by atoms with E-state index in [9.17, 15) is 0 Å². The van der Waals surface area contributed by atoms with Crippen molar-refractivity contribution in [3.05, 3.63) is 15.9 Å². The lowest BCUT2D eigenvalue weighted by atomic mass is 10.1. The standard InChI is InChI=1S/C11H16BrN3O/c12-11-9-3-6-16-7-10(9)15(14-11)8-1-4-13-5-2-8/h8,13H,1-7H2. The van der Waals surface area contributed by atoms with Gasteiger partial charge in [-0.15, -0.1) is 0 Å². The smallest absolute Gasteiger partial charge is 0.131 e. The van der Waals surface area contributed by atoms with Crippen LogP contribution in [0.3, 0.4) is 0 Å². The molecule has 3 rings (SSSR count). The zero-order chi connectivity index (χ0) is 11.0. The second kappa shape index (κ2) is 4.47. The van der Waals surface area contributed by atoms with Crippen LogP contribution >= 0.6 is 15.9 Å². The Balaban J connectivity index is 1.93. The van der Waals surface area contributed by atoms with Crippen LogP contribution in [0.5, 0.6) is 0 Å². The molecular formula is C11H16BrN3O. The minimum absolute atomic E-state index is 0.544. The van der Waals surface area contributed by atoms with Crippen LogP contribution in [0.4, 0.5) is 0 Å². The van der Waals surface area contributed by atoms with Crippen LogP contribution in [0, 0.1) is 0 Å². The molecule has 4 nitrogen and oxygen atoms in total. The SMILES string of the molecule is Brc1nn(C2CCNCC2)c2c1CCOC2. The highest BCUT2D eigenvalue weighted by molar-refractivity contribution is 9.10. The van der Waals surface area contributed by atoms with Gasteiger partial charge >= 0.3 is 0 Å². The third-order valence-corrected chi connectivity index (χ3v) is 4.10. The molecule has 0 bridgehead atoms. The Morgan fingerprint density at radius 3 is 3.00 bits per heavy atom. The van der Waals surface area contributed by atoms with Gasteiger partial charge in [0.2, 0.25) is 0 Å². The molecule has 3 heterocycles. The summed E-state index contributed by atoms with van der Waals surface area (Å²) in [6.45, 7) is 3.73. The minimum Gasteiger partial charge on any atom is -0.375 e. The van der Waals surface area contributed by atoms with E-state index in [1.165, 1.54) is 24.1 Å². The number of halogens is 1. The molecule has 5 heteroatoms. The van der Waals surface area contributed by atoms with Crippen molar-refractivity contribution in [1.29, 1.82) is 0 Å².